The van der Waals surface area contributed by atoms with Crippen LogP contribution >= 0.6 is 34.8 Å². The molecular weight excluding hydrogens is 327 g/mol. The Morgan fingerprint density at radius 2 is 1.52 bits per heavy atom. The van der Waals surface area contributed by atoms with Crippen LogP contribution in [-0.2, 0) is 6.42 Å². The summed E-state index contributed by atoms with van der Waals surface area (Å²) in [4.78, 5) is 8.85. The van der Waals surface area contributed by atoms with Crippen molar-refractivity contribution >= 4 is 45.7 Å². The predicted molar refractivity (Wildman–Crippen MR) is 89.4 cm³/mol. The molecule has 106 valence electrons. The van der Waals surface area contributed by atoms with Gasteiger partial charge in [0.05, 0.1) is 20.9 Å². The third-order valence-electron chi connectivity index (χ3n) is 3.33. The highest BCUT2D eigenvalue weighted by Gasteiger charge is 2.13. The van der Waals surface area contributed by atoms with Gasteiger partial charge >= 0.3 is 0 Å². The van der Waals surface area contributed by atoms with Crippen LogP contribution in [0.4, 0.5) is 0 Å². The maximum Gasteiger partial charge on any atom is 0.161 e. The molecule has 0 spiro atoms. The molecule has 0 unspecified atom stereocenters. The topological polar surface area (TPSA) is 25.8 Å². The van der Waals surface area contributed by atoms with E-state index in [9.17, 15) is 0 Å². The van der Waals surface area contributed by atoms with Crippen LogP contribution in [0.5, 0.6) is 0 Å². The minimum Gasteiger partial charge on any atom is -0.226 e. The summed E-state index contributed by atoms with van der Waals surface area (Å²) in [6, 6.07) is 11.5. The van der Waals surface area contributed by atoms with Gasteiger partial charge in [0, 0.05) is 5.56 Å². The van der Waals surface area contributed by atoms with E-state index < -0.39 is 0 Å². The summed E-state index contributed by atoms with van der Waals surface area (Å²) in [5.74, 6) is 0.541. The van der Waals surface area contributed by atoms with Crippen LogP contribution in [-0.4, -0.2) is 9.97 Å². The summed E-state index contributed by atoms with van der Waals surface area (Å²) in [5, 5.41) is 1.89. The number of aryl methyl sites for hydroxylation is 1. The van der Waals surface area contributed by atoms with Crippen molar-refractivity contribution in [2.75, 3.05) is 0 Å². The Morgan fingerprint density at radius 1 is 0.857 bits per heavy atom. The smallest absolute Gasteiger partial charge is 0.161 e. The minimum atomic E-state index is 0.307. The average molecular weight is 338 g/mol. The standard InChI is InChI=1S/C16H11Cl3N2/c1-2-9-3-5-10(6-4-9)16-20-14-12(18)8-7-11(17)13(14)15(19)21-16/h3-8H,2H2,1H3. The third-order valence-corrected chi connectivity index (χ3v) is 4.22. The lowest BCUT2D eigenvalue weighted by Gasteiger charge is -2.08. The molecular formula is C16H11Cl3N2. The highest BCUT2D eigenvalue weighted by Crippen LogP contribution is 2.34. The van der Waals surface area contributed by atoms with Gasteiger partial charge in [-0.05, 0) is 24.1 Å². The first-order valence-electron chi connectivity index (χ1n) is 6.50. The quantitative estimate of drug-likeness (QED) is 0.551. The fourth-order valence-electron chi connectivity index (χ4n) is 2.15. The zero-order valence-electron chi connectivity index (χ0n) is 11.2. The Hall–Kier alpha value is -1.35. The number of aromatic nitrogens is 2. The lowest BCUT2D eigenvalue weighted by atomic mass is 10.1. The van der Waals surface area contributed by atoms with E-state index in [-0.39, 0.29) is 0 Å². The van der Waals surface area contributed by atoms with E-state index in [4.69, 9.17) is 34.8 Å². The molecule has 0 amide bonds. The monoisotopic (exact) mass is 336 g/mol. The Kier molecular flexibility index (Phi) is 4.03. The van der Waals surface area contributed by atoms with Gasteiger partial charge in [-0.15, -0.1) is 0 Å². The van der Waals surface area contributed by atoms with E-state index in [1.807, 2.05) is 12.1 Å². The lowest BCUT2D eigenvalue weighted by Crippen LogP contribution is -1.93. The molecule has 2 aromatic carbocycles. The van der Waals surface area contributed by atoms with Gasteiger partial charge in [-0.1, -0.05) is 66.0 Å². The molecule has 0 fully saturated rings. The second kappa shape index (κ2) is 5.80. The highest BCUT2D eigenvalue weighted by atomic mass is 35.5. The van der Waals surface area contributed by atoms with Crippen molar-refractivity contribution in [3.05, 3.63) is 57.2 Å². The molecule has 0 aliphatic heterocycles. The minimum absolute atomic E-state index is 0.307. The SMILES string of the molecule is CCc1ccc(-c2nc(Cl)c3c(Cl)ccc(Cl)c3n2)cc1. The summed E-state index contributed by atoms with van der Waals surface area (Å²) in [5.41, 5.74) is 2.72. The Balaban J connectivity index is 2.22. The van der Waals surface area contributed by atoms with Crippen molar-refractivity contribution in [1.82, 2.24) is 9.97 Å². The zero-order valence-corrected chi connectivity index (χ0v) is 13.5. The molecule has 21 heavy (non-hydrogen) atoms. The molecule has 1 aromatic heterocycles. The molecule has 0 aliphatic rings. The summed E-state index contributed by atoms with van der Waals surface area (Å²) in [7, 11) is 0. The Morgan fingerprint density at radius 3 is 2.19 bits per heavy atom. The van der Waals surface area contributed by atoms with E-state index in [1.54, 1.807) is 12.1 Å². The van der Waals surface area contributed by atoms with Crippen LogP contribution in [0, 0.1) is 0 Å². The number of hydrogen-bond acceptors (Lipinski definition) is 2. The summed E-state index contributed by atoms with van der Waals surface area (Å²) >= 11 is 18.6. The number of fused-ring (bicyclic) bond motifs is 1. The van der Waals surface area contributed by atoms with Crippen molar-refractivity contribution in [2.45, 2.75) is 13.3 Å². The second-order valence-corrected chi connectivity index (χ2v) is 5.81. The van der Waals surface area contributed by atoms with Gasteiger partial charge < -0.3 is 0 Å². The molecule has 0 N–H and O–H groups in total. The molecule has 5 heteroatoms. The van der Waals surface area contributed by atoms with E-state index in [0.717, 1.165) is 12.0 Å². The molecule has 3 rings (SSSR count). The van der Waals surface area contributed by atoms with Gasteiger partial charge in [0.1, 0.15) is 5.15 Å². The fraction of sp³-hybridized carbons (Fsp3) is 0.125. The van der Waals surface area contributed by atoms with Crippen LogP contribution in [0.1, 0.15) is 12.5 Å². The first-order valence-corrected chi connectivity index (χ1v) is 7.64. The molecule has 1 heterocycles. The van der Waals surface area contributed by atoms with Crippen molar-refractivity contribution < 1.29 is 0 Å². The average Bonchev–Trinajstić information content (AvgIpc) is 2.50. The lowest BCUT2D eigenvalue weighted by molar-refractivity contribution is 1.14. The van der Waals surface area contributed by atoms with Crippen molar-refractivity contribution in [3.8, 4) is 11.4 Å². The maximum atomic E-state index is 6.25. The normalized spacial score (nSPS) is 11.0. The predicted octanol–water partition coefficient (Wildman–Crippen LogP) is 5.82. The van der Waals surface area contributed by atoms with Crippen molar-refractivity contribution in [1.29, 1.82) is 0 Å². The summed E-state index contributed by atoms with van der Waals surface area (Å²) in [6.07, 6.45) is 0.987. The van der Waals surface area contributed by atoms with Gasteiger partial charge in [0.15, 0.2) is 5.82 Å². The van der Waals surface area contributed by atoms with Gasteiger partial charge in [-0.2, -0.15) is 0 Å². The number of hydrogen-bond donors (Lipinski definition) is 0. The molecule has 0 atom stereocenters. The van der Waals surface area contributed by atoms with Crippen molar-refractivity contribution in [2.24, 2.45) is 0 Å². The number of rotatable bonds is 2. The van der Waals surface area contributed by atoms with Gasteiger partial charge in [0.25, 0.3) is 0 Å². The molecule has 0 radical (unpaired) electrons. The van der Waals surface area contributed by atoms with E-state index in [2.05, 4.69) is 29.0 Å². The van der Waals surface area contributed by atoms with Crippen LogP contribution in [0.2, 0.25) is 15.2 Å². The van der Waals surface area contributed by atoms with E-state index in [0.29, 0.717) is 31.9 Å². The molecule has 0 bridgehead atoms. The van der Waals surface area contributed by atoms with Crippen LogP contribution < -0.4 is 0 Å². The zero-order chi connectivity index (χ0) is 15.0. The van der Waals surface area contributed by atoms with Crippen LogP contribution in [0.15, 0.2) is 36.4 Å². The number of nitrogens with zero attached hydrogens (tertiary/aromatic N) is 2. The van der Waals surface area contributed by atoms with Crippen LogP contribution in [0.3, 0.4) is 0 Å². The van der Waals surface area contributed by atoms with Gasteiger partial charge in [-0.3, -0.25) is 0 Å². The summed E-state index contributed by atoms with van der Waals surface area (Å²) < 4.78 is 0. The largest absolute Gasteiger partial charge is 0.226 e. The molecule has 0 aliphatic carbocycles. The number of halogens is 3. The third kappa shape index (κ3) is 2.71. The van der Waals surface area contributed by atoms with Crippen LogP contribution in [0.25, 0.3) is 22.3 Å². The maximum absolute atomic E-state index is 6.25. The van der Waals surface area contributed by atoms with Crippen molar-refractivity contribution in [3.63, 3.8) is 0 Å². The molecule has 0 saturated heterocycles. The van der Waals surface area contributed by atoms with Gasteiger partial charge in [-0.25, -0.2) is 9.97 Å². The van der Waals surface area contributed by atoms with E-state index in [1.165, 1.54) is 5.56 Å². The molecule has 2 nitrogen and oxygen atoms in total. The first kappa shape index (κ1) is 14.6. The van der Waals surface area contributed by atoms with E-state index >= 15 is 0 Å². The molecule has 0 saturated carbocycles. The fourth-order valence-corrected chi connectivity index (χ4v) is 2.91. The highest BCUT2D eigenvalue weighted by molar-refractivity contribution is 6.44. The Labute approximate surface area is 137 Å². The number of benzene rings is 2. The Bertz CT molecular complexity index is 814. The first-order chi connectivity index (χ1) is 10.1. The summed E-state index contributed by atoms with van der Waals surface area (Å²) in [6.45, 7) is 2.11. The molecule has 3 aromatic rings. The second-order valence-electron chi connectivity index (χ2n) is 4.64. The van der Waals surface area contributed by atoms with Gasteiger partial charge in [0.2, 0.25) is 0 Å².